The van der Waals surface area contributed by atoms with E-state index in [-0.39, 0.29) is 12.0 Å². The van der Waals surface area contributed by atoms with Gasteiger partial charge in [0.05, 0.1) is 5.69 Å². The Hall–Kier alpha value is -3.75. The van der Waals surface area contributed by atoms with Gasteiger partial charge in [-0.3, -0.25) is 25.0 Å². The van der Waals surface area contributed by atoms with E-state index in [1.165, 1.54) is 11.1 Å². The van der Waals surface area contributed by atoms with E-state index in [9.17, 15) is 4.79 Å². The van der Waals surface area contributed by atoms with Crippen LogP contribution in [0.4, 0.5) is 5.69 Å². The van der Waals surface area contributed by atoms with Gasteiger partial charge in [0.15, 0.2) is 0 Å². The highest BCUT2D eigenvalue weighted by Crippen LogP contribution is 2.24. The number of hydrazone groups is 1. The highest BCUT2D eigenvalue weighted by atomic mass is 16.1. The molecule has 2 aromatic carbocycles. The van der Waals surface area contributed by atoms with E-state index in [1.54, 1.807) is 0 Å². The number of primary amides is 1. The van der Waals surface area contributed by atoms with E-state index in [2.05, 4.69) is 76.2 Å². The Morgan fingerprint density at radius 2 is 1.69 bits per heavy atom. The predicted octanol–water partition coefficient (Wildman–Crippen LogP) is 2.69. The van der Waals surface area contributed by atoms with Gasteiger partial charge in [-0.05, 0) is 55.2 Å². The number of amidine groups is 1. The van der Waals surface area contributed by atoms with Crippen LogP contribution >= 0.6 is 0 Å². The van der Waals surface area contributed by atoms with Crippen LogP contribution in [0.3, 0.4) is 0 Å². The number of hydrogen-bond donors (Lipinski definition) is 3. The van der Waals surface area contributed by atoms with E-state index < -0.39 is 5.91 Å². The third kappa shape index (κ3) is 5.40. The van der Waals surface area contributed by atoms with Crippen LogP contribution in [0, 0.1) is 0 Å². The number of nitrogens with two attached hydrogens (primary N) is 1. The summed E-state index contributed by atoms with van der Waals surface area (Å²) in [4.78, 5) is 20.7. The number of hydrogen-bond acceptors (Lipinski definition) is 7. The number of carbonyl (C=O) groups excluding carboxylic acids is 1. The second-order valence-corrected chi connectivity index (χ2v) is 9.64. The fourth-order valence-electron chi connectivity index (χ4n) is 4.87. The van der Waals surface area contributed by atoms with E-state index in [0.29, 0.717) is 6.04 Å². The molecule has 8 nitrogen and oxygen atoms in total. The number of nitrogens with zero attached hydrogens (tertiary/aromatic N) is 4. The van der Waals surface area contributed by atoms with E-state index in [4.69, 9.17) is 10.7 Å². The molecule has 0 radical (unpaired) electrons. The van der Waals surface area contributed by atoms with Crippen LogP contribution in [0.15, 0.2) is 72.0 Å². The first-order valence-electron chi connectivity index (χ1n) is 12.5. The molecular weight excluding hydrogens is 450 g/mol. The minimum atomic E-state index is -0.546. The molecule has 0 aliphatic carbocycles. The lowest BCUT2D eigenvalue weighted by atomic mass is 10.0. The van der Waals surface area contributed by atoms with Crippen molar-refractivity contribution in [3.05, 3.63) is 83.7 Å². The maximum absolute atomic E-state index is 11.7. The van der Waals surface area contributed by atoms with Gasteiger partial charge in [-0.25, -0.2) is 0 Å². The Kier molecular flexibility index (Phi) is 6.97. The summed E-state index contributed by atoms with van der Waals surface area (Å²) in [6, 6.07) is 21.7. The number of pyridine rings is 1. The van der Waals surface area contributed by atoms with Crippen molar-refractivity contribution in [1.82, 2.24) is 20.6 Å². The number of benzene rings is 2. The van der Waals surface area contributed by atoms with Gasteiger partial charge in [0.25, 0.3) is 5.91 Å². The van der Waals surface area contributed by atoms with Gasteiger partial charge >= 0.3 is 0 Å². The smallest absolute Gasteiger partial charge is 0.286 e. The van der Waals surface area contributed by atoms with Crippen molar-refractivity contribution in [3.63, 3.8) is 0 Å². The summed E-state index contributed by atoms with van der Waals surface area (Å²) in [5.41, 5.74) is 15.1. The van der Waals surface area contributed by atoms with Gasteiger partial charge < -0.3 is 11.1 Å². The number of amides is 1. The Labute approximate surface area is 212 Å². The zero-order valence-electron chi connectivity index (χ0n) is 20.8. The van der Waals surface area contributed by atoms with Gasteiger partial charge in [0.2, 0.25) is 5.84 Å². The highest BCUT2D eigenvalue weighted by Gasteiger charge is 2.29. The molecule has 1 fully saturated rings. The average molecular weight is 484 g/mol. The predicted molar refractivity (Wildman–Crippen MR) is 143 cm³/mol. The number of anilines is 1. The van der Waals surface area contributed by atoms with Crippen molar-refractivity contribution in [2.45, 2.75) is 39.0 Å². The molecule has 2 atom stereocenters. The standard InChI is InChI=1S/C28H33N7O/c1-19-17-34(14-13-30-19)18-25-10-9-24(16-31-25)23-7-3-21(4-8-23)15-22-5-11-26(12-6-22)35-20(2)32-33-28(35)27(29)36/h3-12,16,19-20,30,32H,13-15,17-18H2,1-2H3,(H2,29,36)/t19?,20-/m1/s1. The van der Waals surface area contributed by atoms with Gasteiger partial charge in [0.1, 0.15) is 6.17 Å². The zero-order chi connectivity index (χ0) is 25.1. The summed E-state index contributed by atoms with van der Waals surface area (Å²) in [6.45, 7) is 8.22. The molecule has 2 aliphatic rings. The van der Waals surface area contributed by atoms with Crippen LogP contribution in [0.1, 0.15) is 30.7 Å². The second kappa shape index (κ2) is 10.5. The summed E-state index contributed by atoms with van der Waals surface area (Å²) in [5.74, 6) is -0.318. The van der Waals surface area contributed by atoms with Crippen molar-refractivity contribution in [1.29, 1.82) is 0 Å². The molecule has 0 spiro atoms. The highest BCUT2D eigenvalue weighted by molar-refractivity contribution is 6.43. The van der Waals surface area contributed by atoms with Crippen LogP contribution in [-0.2, 0) is 17.8 Å². The average Bonchev–Trinajstić information content (AvgIpc) is 3.27. The quantitative estimate of drug-likeness (QED) is 0.478. The van der Waals surface area contributed by atoms with Crippen molar-refractivity contribution < 1.29 is 4.79 Å². The molecule has 1 aromatic heterocycles. The number of carbonyl (C=O) groups is 1. The van der Waals surface area contributed by atoms with Crippen molar-refractivity contribution in [2.24, 2.45) is 10.8 Å². The lowest BCUT2D eigenvalue weighted by Gasteiger charge is -2.31. The van der Waals surface area contributed by atoms with Gasteiger partial charge in [-0.2, -0.15) is 5.10 Å². The number of rotatable bonds is 7. The second-order valence-electron chi connectivity index (χ2n) is 9.64. The lowest BCUT2D eigenvalue weighted by molar-refractivity contribution is -0.112. The van der Waals surface area contributed by atoms with Crippen molar-refractivity contribution in [2.75, 3.05) is 24.5 Å². The number of aromatic nitrogens is 1. The third-order valence-corrected chi connectivity index (χ3v) is 6.77. The first kappa shape index (κ1) is 24.0. The van der Waals surface area contributed by atoms with Gasteiger partial charge in [0, 0.05) is 49.7 Å². The summed E-state index contributed by atoms with van der Waals surface area (Å²) < 4.78 is 0. The zero-order valence-corrected chi connectivity index (χ0v) is 20.8. The monoisotopic (exact) mass is 483 g/mol. The molecule has 1 saturated heterocycles. The van der Waals surface area contributed by atoms with Crippen LogP contribution in [-0.4, -0.2) is 53.5 Å². The fraction of sp³-hybridized carbons (Fsp3) is 0.321. The molecule has 2 aliphatic heterocycles. The Morgan fingerprint density at radius 3 is 2.33 bits per heavy atom. The summed E-state index contributed by atoms with van der Waals surface area (Å²) >= 11 is 0. The molecule has 3 heterocycles. The molecule has 1 amide bonds. The maximum atomic E-state index is 11.7. The van der Waals surface area contributed by atoms with Crippen molar-refractivity contribution in [3.8, 4) is 11.1 Å². The number of nitrogens with one attached hydrogen (secondary N) is 2. The summed E-state index contributed by atoms with van der Waals surface area (Å²) in [6.07, 6.45) is 2.68. The molecule has 36 heavy (non-hydrogen) atoms. The van der Waals surface area contributed by atoms with E-state index in [1.807, 2.05) is 30.2 Å². The normalized spacial score (nSPS) is 20.2. The van der Waals surface area contributed by atoms with Crippen LogP contribution < -0.4 is 21.4 Å². The molecule has 8 heteroatoms. The first-order chi connectivity index (χ1) is 17.5. The minimum absolute atomic E-state index is 0.125. The largest absolute Gasteiger partial charge is 0.363 e. The summed E-state index contributed by atoms with van der Waals surface area (Å²) in [5, 5.41) is 7.52. The Bertz CT molecular complexity index is 1220. The van der Waals surface area contributed by atoms with E-state index in [0.717, 1.165) is 55.1 Å². The molecule has 3 aromatic rings. The Balaban J connectivity index is 1.20. The van der Waals surface area contributed by atoms with Gasteiger partial charge in [-0.15, -0.1) is 0 Å². The number of piperazine rings is 1. The maximum Gasteiger partial charge on any atom is 0.286 e. The molecule has 4 N–H and O–H groups in total. The molecule has 1 unspecified atom stereocenters. The topological polar surface area (TPSA) is 98.9 Å². The molecule has 186 valence electrons. The molecular formula is C28H33N7O. The first-order valence-corrected chi connectivity index (χ1v) is 12.5. The van der Waals surface area contributed by atoms with Gasteiger partial charge in [-0.1, -0.05) is 42.5 Å². The van der Waals surface area contributed by atoms with Crippen LogP contribution in [0.25, 0.3) is 11.1 Å². The van der Waals surface area contributed by atoms with Crippen LogP contribution in [0.5, 0.6) is 0 Å². The van der Waals surface area contributed by atoms with Crippen LogP contribution in [0.2, 0.25) is 0 Å². The van der Waals surface area contributed by atoms with Crippen molar-refractivity contribution >= 4 is 17.4 Å². The Morgan fingerprint density at radius 1 is 1.00 bits per heavy atom. The fourth-order valence-corrected chi connectivity index (χ4v) is 4.87. The minimum Gasteiger partial charge on any atom is -0.363 e. The SMILES string of the molecule is CC1CN(Cc2ccc(-c3ccc(Cc4ccc(N5C(C(N)=O)=NN[C@H]5C)cc4)cc3)cn2)CCN1. The lowest BCUT2D eigenvalue weighted by Crippen LogP contribution is -2.48. The van der Waals surface area contributed by atoms with E-state index >= 15 is 0 Å². The third-order valence-electron chi connectivity index (χ3n) is 6.77. The molecule has 0 bridgehead atoms. The molecule has 5 rings (SSSR count). The summed E-state index contributed by atoms with van der Waals surface area (Å²) in [7, 11) is 0. The molecule has 0 saturated carbocycles.